The van der Waals surface area contributed by atoms with E-state index in [0.717, 1.165) is 0 Å². The lowest BCUT2D eigenvalue weighted by atomic mass is 9.86. The zero-order chi connectivity index (χ0) is 13.9. The summed E-state index contributed by atoms with van der Waals surface area (Å²) in [6.07, 6.45) is 0. The van der Waals surface area contributed by atoms with Gasteiger partial charge in [-0.1, -0.05) is 32.4 Å². The molecule has 4 nitrogen and oxygen atoms in total. The summed E-state index contributed by atoms with van der Waals surface area (Å²) in [5, 5.41) is 12.9. The number of hydrogen-bond acceptors (Lipinski definition) is 3. The Morgan fingerprint density at radius 3 is 2.56 bits per heavy atom. The van der Waals surface area contributed by atoms with E-state index in [4.69, 9.17) is 17.3 Å². The van der Waals surface area contributed by atoms with Crippen molar-refractivity contribution in [1.29, 1.82) is 0 Å². The number of carbonyl (C=O) groups excluding carboxylic acids is 1. The second-order valence-electron chi connectivity index (χ2n) is 5.29. The topological polar surface area (TPSA) is 75.3 Å². The number of phenolic OH excluding ortho intramolecular Hbond substituents is 1. The maximum absolute atomic E-state index is 12.0. The van der Waals surface area contributed by atoms with Crippen LogP contribution in [0.3, 0.4) is 0 Å². The summed E-state index contributed by atoms with van der Waals surface area (Å²) in [4.78, 5) is 12.0. The van der Waals surface area contributed by atoms with Gasteiger partial charge < -0.3 is 16.2 Å². The highest BCUT2D eigenvalue weighted by Crippen LogP contribution is 2.23. The first kappa shape index (κ1) is 14.8. The number of nitrogens with one attached hydrogen (secondary N) is 1. The number of aromatic hydroxyl groups is 1. The predicted molar refractivity (Wildman–Crippen MR) is 72.9 cm³/mol. The minimum Gasteiger partial charge on any atom is -0.507 e. The summed E-state index contributed by atoms with van der Waals surface area (Å²) in [5.74, 6) is -0.487. The van der Waals surface area contributed by atoms with E-state index < -0.39 is 0 Å². The van der Waals surface area contributed by atoms with E-state index in [2.05, 4.69) is 5.32 Å². The molecule has 100 valence electrons. The Kier molecular flexibility index (Phi) is 4.59. The summed E-state index contributed by atoms with van der Waals surface area (Å²) < 4.78 is 0. The van der Waals surface area contributed by atoms with E-state index in [1.807, 2.05) is 20.8 Å². The van der Waals surface area contributed by atoms with Crippen molar-refractivity contribution in [3.05, 3.63) is 28.8 Å². The van der Waals surface area contributed by atoms with Crippen LogP contribution in [-0.4, -0.2) is 23.6 Å². The third kappa shape index (κ3) is 3.62. The SMILES string of the molecule is CC(C)(C)C(CN)NC(=O)c1ccc(Cl)cc1O. The zero-order valence-corrected chi connectivity index (χ0v) is 11.6. The fourth-order valence-electron chi connectivity index (χ4n) is 1.56. The van der Waals surface area contributed by atoms with E-state index >= 15 is 0 Å². The number of carbonyl (C=O) groups is 1. The van der Waals surface area contributed by atoms with Gasteiger partial charge in [-0.2, -0.15) is 0 Å². The molecule has 0 aliphatic heterocycles. The highest BCUT2D eigenvalue weighted by molar-refractivity contribution is 6.30. The van der Waals surface area contributed by atoms with Gasteiger partial charge in [-0.25, -0.2) is 0 Å². The largest absolute Gasteiger partial charge is 0.507 e. The molecule has 1 amide bonds. The van der Waals surface area contributed by atoms with Crippen LogP contribution < -0.4 is 11.1 Å². The van der Waals surface area contributed by atoms with Gasteiger partial charge in [-0.05, 0) is 23.6 Å². The first-order valence-electron chi connectivity index (χ1n) is 5.75. The Labute approximate surface area is 112 Å². The monoisotopic (exact) mass is 270 g/mol. The van der Waals surface area contributed by atoms with E-state index in [0.29, 0.717) is 11.6 Å². The molecule has 1 aromatic rings. The number of hydrogen-bond donors (Lipinski definition) is 3. The number of nitrogens with two attached hydrogens (primary N) is 1. The number of amides is 1. The van der Waals surface area contributed by atoms with Gasteiger partial charge in [-0.15, -0.1) is 0 Å². The van der Waals surface area contributed by atoms with Gasteiger partial charge >= 0.3 is 0 Å². The standard InChI is InChI=1S/C13H19ClN2O2/c1-13(2,3)11(7-15)16-12(18)9-5-4-8(14)6-10(9)17/h4-6,11,17H,7,15H2,1-3H3,(H,16,18). The lowest BCUT2D eigenvalue weighted by Crippen LogP contribution is -2.48. The summed E-state index contributed by atoms with van der Waals surface area (Å²) in [6, 6.07) is 4.22. The number of halogens is 1. The van der Waals surface area contributed by atoms with Gasteiger partial charge in [0.25, 0.3) is 5.91 Å². The molecule has 1 atom stereocenters. The molecule has 0 spiro atoms. The summed E-state index contributed by atoms with van der Waals surface area (Å²) in [7, 11) is 0. The van der Waals surface area contributed by atoms with Crippen LogP contribution in [0.1, 0.15) is 31.1 Å². The molecule has 0 fully saturated rings. The number of rotatable bonds is 3. The molecule has 0 aliphatic rings. The molecule has 1 rings (SSSR count). The Bertz CT molecular complexity index is 441. The minimum atomic E-state index is -0.352. The lowest BCUT2D eigenvalue weighted by Gasteiger charge is -2.30. The fraction of sp³-hybridized carbons (Fsp3) is 0.462. The van der Waals surface area contributed by atoms with Gasteiger partial charge in [0.05, 0.1) is 5.56 Å². The lowest BCUT2D eigenvalue weighted by molar-refractivity contribution is 0.0903. The molecular formula is C13H19ClN2O2. The maximum Gasteiger partial charge on any atom is 0.255 e. The van der Waals surface area contributed by atoms with Crippen LogP contribution in [0.25, 0.3) is 0 Å². The van der Waals surface area contributed by atoms with Crippen molar-refractivity contribution in [3.63, 3.8) is 0 Å². The summed E-state index contributed by atoms with van der Waals surface area (Å²) in [5.41, 5.74) is 5.70. The van der Waals surface area contributed by atoms with Crippen LogP contribution in [0.15, 0.2) is 18.2 Å². The maximum atomic E-state index is 12.0. The fourth-order valence-corrected chi connectivity index (χ4v) is 1.73. The average molecular weight is 271 g/mol. The van der Waals surface area contributed by atoms with Crippen molar-refractivity contribution < 1.29 is 9.90 Å². The number of benzene rings is 1. The van der Waals surface area contributed by atoms with Crippen LogP contribution in [0.5, 0.6) is 5.75 Å². The first-order chi connectivity index (χ1) is 8.25. The molecule has 0 saturated carbocycles. The molecular weight excluding hydrogens is 252 g/mol. The van der Waals surface area contributed by atoms with E-state index in [-0.39, 0.29) is 28.7 Å². The van der Waals surface area contributed by atoms with Crippen molar-refractivity contribution in [1.82, 2.24) is 5.32 Å². The summed E-state index contributed by atoms with van der Waals surface area (Å²) >= 11 is 5.72. The molecule has 1 unspecified atom stereocenters. The van der Waals surface area contributed by atoms with Crippen LogP contribution in [0.4, 0.5) is 0 Å². The Balaban J connectivity index is 2.88. The van der Waals surface area contributed by atoms with Crippen molar-refractivity contribution in [2.45, 2.75) is 26.8 Å². The van der Waals surface area contributed by atoms with Gasteiger partial charge in [0.15, 0.2) is 0 Å². The Hall–Kier alpha value is -1.26. The second kappa shape index (κ2) is 5.59. The average Bonchev–Trinajstić information content (AvgIpc) is 2.23. The first-order valence-corrected chi connectivity index (χ1v) is 6.13. The van der Waals surface area contributed by atoms with Gasteiger partial charge in [0.1, 0.15) is 5.75 Å². The van der Waals surface area contributed by atoms with Gasteiger partial charge in [0, 0.05) is 17.6 Å². The molecule has 4 N–H and O–H groups in total. The molecule has 1 aromatic carbocycles. The van der Waals surface area contributed by atoms with Gasteiger partial charge in [0.2, 0.25) is 0 Å². The predicted octanol–water partition coefficient (Wildman–Crippen LogP) is 2.15. The molecule has 0 saturated heterocycles. The minimum absolute atomic E-state index is 0.135. The molecule has 0 radical (unpaired) electrons. The second-order valence-corrected chi connectivity index (χ2v) is 5.73. The van der Waals surface area contributed by atoms with Crippen molar-refractivity contribution >= 4 is 17.5 Å². The third-order valence-corrected chi connectivity index (χ3v) is 3.03. The number of phenols is 1. The van der Waals surface area contributed by atoms with Crippen LogP contribution >= 0.6 is 11.6 Å². The van der Waals surface area contributed by atoms with Crippen LogP contribution in [0.2, 0.25) is 5.02 Å². The van der Waals surface area contributed by atoms with E-state index in [1.54, 1.807) is 6.07 Å². The van der Waals surface area contributed by atoms with Crippen molar-refractivity contribution in [2.24, 2.45) is 11.1 Å². The summed E-state index contributed by atoms with van der Waals surface area (Å²) in [6.45, 7) is 6.31. The quantitative estimate of drug-likeness (QED) is 0.788. The third-order valence-electron chi connectivity index (χ3n) is 2.79. The van der Waals surface area contributed by atoms with E-state index in [9.17, 15) is 9.90 Å². The van der Waals surface area contributed by atoms with Crippen LogP contribution in [0, 0.1) is 5.41 Å². The van der Waals surface area contributed by atoms with Crippen molar-refractivity contribution in [3.8, 4) is 5.75 Å². The Morgan fingerprint density at radius 2 is 2.11 bits per heavy atom. The highest BCUT2D eigenvalue weighted by atomic mass is 35.5. The molecule has 0 bridgehead atoms. The van der Waals surface area contributed by atoms with Crippen molar-refractivity contribution in [2.75, 3.05) is 6.54 Å². The Morgan fingerprint density at radius 1 is 1.50 bits per heavy atom. The smallest absolute Gasteiger partial charge is 0.255 e. The molecule has 18 heavy (non-hydrogen) atoms. The molecule has 0 heterocycles. The molecule has 0 aromatic heterocycles. The molecule has 5 heteroatoms. The van der Waals surface area contributed by atoms with Gasteiger partial charge in [-0.3, -0.25) is 4.79 Å². The van der Waals surface area contributed by atoms with E-state index in [1.165, 1.54) is 12.1 Å². The normalized spacial score (nSPS) is 13.2. The highest BCUT2D eigenvalue weighted by Gasteiger charge is 2.26. The van der Waals surface area contributed by atoms with Crippen LogP contribution in [-0.2, 0) is 0 Å². The molecule has 0 aliphatic carbocycles. The zero-order valence-electron chi connectivity index (χ0n) is 10.8.